The highest BCUT2D eigenvalue weighted by Crippen LogP contribution is 2.31. The summed E-state index contributed by atoms with van der Waals surface area (Å²) in [5, 5.41) is 11.2. The van der Waals surface area contributed by atoms with E-state index in [-0.39, 0.29) is 23.7 Å². The van der Waals surface area contributed by atoms with E-state index < -0.39 is 0 Å². The van der Waals surface area contributed by atoms with Crippen molar-refractivity contribution in [2.24, 2.45) is 0 Å². The number of rotatable bonds is 6. The Kier molecular flexibility index (Phi) is 6.48. The van der Waals surface area contributed by atoms with Crippen molar-refractivity contribution in [3.63, 3.8) is 0 Å². The first-order valence-corrected chi connectivity index (χ1v) is 12.1. The average molecular weight is 476 g/mol. The predicted octanol–water partition coefficient (Wildman–Crippen LogP) is 4.15. The Morgan fingerprint density at radius 3 is 2.97 bits per heavy atom. The molecule has 4 heterocycles. The van der Waals surface area contributed by atoms with Crippen molar-refractivity contribution in [1.82, 2.24) is 29.8 Å². The van der Waals surface area contributed by atoms with Crippen LogP contribution in [0.5, 0.6) is 0 Å². The van der Waals surface area contributed by atoms with Crippen molar-refractivity contribution in [1.29, 1.82) is 0 Å². The van der Waals surface area contributed by atoms with Gasteiger partial charge in [-0.25, -0.2) is 4.79 Å². The Bertz CT molecular complexity index is 1290. The molecule has 1 aliphatic rings. The first-order chi connectivity index (χ1) is 16.7. The quantitative estimate of drug-likeness (QED) is 0.387. The Morgan fingerprint density at radius 1 is 1.18 bits per heavy atom. The monoisotopic (exact) mass is 475 g/mol. The smallest absolute Gasteiger partial charge is 0.323 e. The Labute approximate surface area is 200 Å². The molecule has 0 bridgehead atoms. The number of likely N-dealkylation sites (tertiary alicyclic amines) is 1. The third-order valence-electron chi connectivity index (χ3n) is 6.11. The van der Waals surface area contributed by atoms with Gasteiger partial charge in [-0.15, -0.1) is 5.10 Å². The van der Waals surface area contributed by atoms with Gasteiger partial charge in [-0.3, -0.25) is 15.1 Å². The van der Waals surface area contributed by atoms with E-state index in [1.165, 1.54) is 0 Å². The van der Waals surface area contributed by atoms with Gasteiger partial charge in [-0.05, 0) is 48.9 Å². The molecule has 34 heavy (non-hydrogen) atoms. The number of carbonyl (C=O) groups excluding carboxylic acids is 2. The minimum Gasteiger partial charge on any atom is -0.361 e. The molecule has 10 heteroatoms. The van der Waals surface area contributed by atoms with Gasteiger partial charge in [-0.1, -0.05) is 28.8 Å². The molecule has 3 amide bonds. The summed E-state index contributed by atoms with van der Waals surface area (Å²) < 4.78 is 3.90. The van der Waals surface area contributed by atoms with Gasteiger partial charge in [0.2, 0.25) is 0 Å². The lowest BCUT2D eigenvalue weighted by atomic mass is 9.97. The lowest BCUT2D eigenvalue weighted by Crippen LogP contribution is -2.41. The number of pyridine rings is 1. The number of hydrogen-bond acceptors (Lipinski definition) is 6. The molecule has 1 atom stereocenters. The summed E-state index contributed by atoms with van der Waals surface area (Å²) in [7, 11) is 0. The summed E-state index contributed by atoms with van der Waals surface area (Å²) in [4.78, 5) is 35.1. The van der Waals surface area contributed by atoms with Crippen LogP contribution in [0.2, 0.25) is 0 Å². The van der Waals surface area contributed by atoms with Crippen LogP contribution >= 0.6 is 11.5 Å². The van der Waals surface area contributed by atoms with Gasteiger partial charge < -0.3 is 15.2 Å². The number of anilines is 1. The number of amides is 3. The molecule has 0 saturated carbocycles. The summed E-state index contributed by atoms with van der Waals surface area (Å²) >= 11 is 1.00. The largest absolute Gasteiger partial charge is 0.361 e. The summed E-state index contributed by atoms with van der Waals surface area (Å²) in [6.07, 6.45) is 9.03. The fourth-order valence-electron chi connectivity index (χ4n) is 4.42. The number of nitrogens with zero attached hydrogens (tertiary/aromatic N) is 4. The van der Waals surface area contributed by atoms with Gasteiger partial charge in [0.1, 0.15) is 0 Å². The van der Waals surface area contributed by atoms with Crippen LogP contribution in [0.1, 0.15) is 46.9 Å². The number of piperidine rings is 1. The minimum atomic E-state index is -0.355. The molecule has 1 saturated heterocycles. The first kappa shape index (κ1) is 22.0. The average Bonchev–Trinajstić information content (AvgIpc) is 3.52. The van der Waals surface area contributed by atoms with E-state index in [9.17, 15) is 9.59 Å². The standard InChI is InChI=1S/C24H25N7O2S/c32-22(26-12-10-16-15-27-19-8-2-1-7-18(16)19)21-23(34-30-29-21)28-24(33)31-13-4-3-9-20(31)17-6-5-11-25-14-17/h1-2,5-8,11,14-15,20,27H,3-4,9-10,12-13H2,(H,26,32)(H,28,33). The number of hydrogen-bond donors (Lipinski definition) is 3. The molecular formula is C24H25N7O2S. The molecule has 1 aliphatic heterocycles. The zero-order valence-corrected chi connectivity index (χ0v) is 19.3. The van der Waals surface area contributed by atoms with Gasteiger partial charge >= 0.3 is 6.03 Å². The second kappa shape index (κ2) is 10.0. The Hall–Kier alpha value is -3.79. The lowest BCUT2D eigenvalue weighted by Gasteiger charge is -2.35. The molecule has 3 N–H and O–H groups in total. The SMILES string of the molecule is O=C(NCCc1c[nH]c2ccccc12)c1nnsc1NC(=O)N1CCCCC1c1cccnc1. The van der Waals surface area contributed by atoms with E-state index >= 15 is 0 Å². The normalized spacial score (nSPS) is 15.9. The van der Waals surface area contributed by atoms with E-state index in [1.54, 1.807) is 17.3 Å². The highest BCUT2D eigenvalue weighted by molar-refractivity contribution is 7.10. The lowest BCUT2D eigenvalue weighted by molar-refractivity contribution is 0.0950. The zero-order chi connectivity index (χ0) is 23.3. The van der Waals surface area contributed by atoms with E-state index in [4.69, 9.17) is 0 Å². The molecule has 0 spiro atoms. The Morgan fingerprint density at radius 2 is 2.09 bits per heavy atom. The maximum Gasteiger partial charge on any atom is 0.323 e. The topological polar surface area (TPSA) is 116 Å². The van der Waals surface area contributed by atoms with Crippen molar-refractivity contribution in [2.45, 2.75) is 31.7 Å². The number of fused-ring (bicyclic) bond motifs is 1. The summed E-state index contributed by atoms with van der Waals surface area (Å²) in [5.74, 6) is -0.355. The van der Waals surface area contributed by atoms with Crippen LogP contribution in [0.4, 0.5) is 9.80 Å². The van der Waals surface area contributed by atoms with Crippen molar-refractivity contribution in [3.8, 4) is 0 Å². The predicted molar refractivity (Wildman–Crippen MR) is 131 cm³/mol. The number of para-hydroxylation sites is 1. The molecule has 0 radical (unpaired) electrons. The minimum absolute atomic E-state index is 0.0446. The number of benzene rings is 1. The van der Waals surface area contributed by atoms with Crippen LogP contribution in [0, 0.1) is 0 Å². The number of aromatic amines is 1. The molecule has 1 aromatic carbocycles. The van der Waals surface area contributed by atoms with Gasteiger partial charge in [0, 0.05) is 54.1 Å². The number of aromatic nitrogens is 4. The van der Waals surface area contributed by atoms with Crippen molar-refractivity contribution >= 4 is 39.4 Å². The third kappa shape index (κ3) is 4.62. The molecule has 1 fully saturated rings. The van der Waals surface area contributed by atoms with Crippen LogP contribution in [0.3, 0.4) is 0 Å². The zero-order valence-electron chi connectivity index (χ0n) is 18.5. The van der Waals surface area contributed by atoms with Crippen molar-refractivity contribution < 1.29 is 9.59 Å². The molecule has 3 aromatic heterocycles. The Balaban J connectivity index is 1.22. The fourth-order valence-corrected chi connectivity index (χ4v) is 4.97. The molecular weight excluding hydrogens is 450 g/mol. The van der Waals surface area contributed by atoms with Gasteiger partial charge in [0.05, 0.1) is 6.04 Å². The molecule has 1 unspecified atom stereocenters. The summed E-state index contributed by atoms with van der Waals surface area (Å²) in [6.45, 7) is 1.09. The highest BCUT2D eigenvalue weighted by Gasteiger charge is 2.29. The molecule has 9 nitrogen and oxygen atoms in total. The van der Waals surface area contributed by atoms with Gasteiger partial charge in [0.15, 0.2) is 10.7 Å². The van der Waals surface area contributed by atoms with Gasteiger partial charge in [-0.2, -0.15) is 0 Å². The van der Waals surface area contributed by atoms with Crippen LogP contribution in [-0.4, -0.2) is 49.5 Å². The second-order valence-corrected chi connectivity index (χ2v) is 8.99. The number of carbonyl (C=O) groups is 2. The number of H-pyrrole nitrogens is 1. The second-order valence-electron chi connectivity index (χ2n) is 8.24. The van der Waals surface area contributed by atoms with E-state index in [1.807, 2.05) is 36.5 Å². The van der Waals surface area contributed by atoms with E-state index in [0.717, 1.165) is 52.8 Å². The van der Waals surface area contributed by atoms with Crippen LogP contribution in [0.25, 0.3) is 10.9 Å². The van der Waals surface area contributed by atoms with Crippen molar-refractivity contribution in [2.75, 3.05) is 18.4 Å². The summed E-state index contributed by atoms with van der Waals surface area (Å²) in [6, 6.07) is 11.6. The van der Waals surface area contributed by atoms with Crippen molar-refractivity contribution in [3.05, 3.63) is 71.8 Å². The van der Waals surface area contributed by atoms with Crippen LogP contribution in [-0.2, 0) is 6.42 Å². The van der Waals surface area contributed by atoms with Crippen LogP contribution in [0.15, 0.2) is 55.0 Å². The molecule has 4 aromatic rings. The summed E-state index contributed by atoms with van der Waals surface area (Å²) in [5.41, 5.74) is 3.34. The molecule has 0 aliphatic carbocycles. The van der Waals surface area contributed by atoms with E-state index in [2.05, 4.69) is 36.3 Å². The van der Waals surface area contributed by atoms with Crippen LogP contribution < -0.4 is 10.6 Å². The molecule has 174 valence electrons. The number of urea groups is 1. The first-order valence-electron chi connectivity index (χ1n) is 11.3. The van der Waals surface area contributed by atoms with E-state index in [0.29, 0.717) is 24.5 Å². The molecule has 5 rings (SSSR count). The maximum absolute atomic E-state index is 13.1. The maximum atomic E-state index is 13.1. The number of nitrogens with one attached hydrogen (secondary N) is 3. The fraction of sp³-hybridized carbons (Fsp3) is 0.292. The van der Waals surface area contributed by atoms with Gasteiger partial charge in [0.25, 0.3) is 5.91 Å². The third-order valence-corrected chi connectivity index (χ3v) is 6.75. The highest BCUT2D eigenvalue weighted by atomic mass is 32.1.